The zero-order valence-electron chi connectivity index (χ0n) is 16.2. The Balaban J connectivity index is 1.58. The molecule has 0 aliphatic carbocycles. The molecule has 1 amide bonds. The van der Waals surface area contributed by atoms with E-state index >= 15 is 0 Å². The van der Waals surface area contributed by atoms with Crippen LogP contribution >= 0.6 is 27.7 Å². The summed E-state index contributed by atoms with van der Waals surface area (Å²) in [5.74, 6) is 1.83. The number of halogens is 1. The van der Waals surface area contributed by atoms with Gasteiger partial charge in [-0.05, 0) is 45.8 Å². The molecule has 2 aromatic carbocycles. The average Bonchev–Trinajstić information content (AvgIpc) is 3.20. The molecule has 0 saturated carbocycles. The highest BCUT2D eigenvalue weighted by Crippen LogP contribution is 2.30. The van der Waals surface area contributed by atoms with Crippen molar-refractivity contribution in [1.29, 1.82) is 0 Å². The maximum Gasteiger partial charge on any atom is 0.277 e. The highest BCUT2D eigenvalue weighted by molar-refractivity contribution is 9.10. The van der Waals surface area contributed by atoms with E-state index in [2.05, 4.69) is 26.1 Å². The van der Waals surface area contributed by atoms with Crippen LogP contribution in [0.5, 0.6) is 11.5 Å². The molecule has 29 heavy (non-hydrogen) atoms. The second-order valence-corrected chi connectivity index (χ2v) is 7.86. The number of benzene rings is 2. The summed E-state index contributed by atoms with van der Waals surface area (Å²) in [7, 11) is 4.92. The molecule has 1 aromatic heterocycles. The Labute approximate surface area is 181 Å². The number of ether oxygens (including phenoxy) is 2. The van der Waals surface area contributed by atoms with Crippen molar-refractivity contribution in [3.63, 3.8) is 0 Å². The third-order valence-electron chi connectivity index (χ3n) is 4.12. The quantitative estimate of drug-likeness (QED) is 0.448. The van der Waals surface area contributed by atoms with Gasteiger partial charge >= 0.3 is 0 Å². The Kier molecular flexibility index (Phi) is 7.16. The van der Waals surface area contributed by atoms with Crippen LogP contribution in [0.25, 0.3) is 11.5 Å². The summed E-state index contributed by atoms with van der Waals surface area (Å²) in [4.78, 5) is 14.1. The van der Waals surface area contributed by atoms with Crippen molar-refractivity contribution in [3.8, 4) is 23.0 Å². The predicted octanol–water partition coefficient (Wildman–Crippen LogP) is 4.27. The third kappa shape index (κ3) is 5.30. The first-order valence-corrected chi connectivity index (χ1v) is 10.5. The summed E-state index contributed by atoms with van der Waals surface area (Å²) in [6.45, 7) is 0.450. The van der Waals surface area contributed by atoms with Gasteiger partial charge in [-0.3, -0.25) is 4.79 Å². The van der Waals surface area contributed by atoms with Crippen molar-refractivity contribution < 1.29 is 18.7 Å². The summed E-state index contributed by atoms with van der Waals surface area (Å²) in [5.41, 5.74) is 1.75. The van der Waals surface area contributed by atoms with Crippen LogP contribution in [0.1, 0.15) is 5.56 Å². The minimum Gasteiger partial charge on any atom is -0.493 e. The van der Waals surface area contributed by atoms with E-state index in [-0.39, 0.29) is 11.7 Å². The van der Waals surface area contributed by atoms with Crippen molar-refractivity contribution in [1.82, 2.24) is 15.1 Å². The number of hydrogen-bond donors (Lipinski definition) is 0. The lowest BCUT2D eigenvalue weighted by atomic mass is 10.2. The summed E-state index contributed by atoms with van der Waals surface area (Å²) in [5, 5.41) is 8.42. The van der Waals surface area contributed by atoms with Crippen molar-refractivity contribution >= 4 is 33.6 Å². The number of hydrogen-bond acceptors (Lipinski definition) is 7. The fourth-order valence-corrected chi connectivity index (χ4v) is 3.74. The lowest BCUT2D eigenvalue weighted by Gasteiger charge is -2.17. The van der Waals surface area contributed by atoms with E-state index in [1.807, 2.05) is 42.5 Å². The van der Waals surface area contributed by atoms with Gasteiger partial charge in [-0.15, -0.1) is 10.2 Å². The standard InChI is InChI=1S/C20H20BrN3O4S/c1-24(11-13-8-9-16(26-2)17(10-13)27-3)18(25)12-29-20-23-22-19(28-20)14-6-4-5-7-15(14)21/h4-10H,11-12H2,1-3H3. The maximum absolute atomic E-state index is 12.5. The van der Waals surface area contributed by atoms with E-state index in [0.29, 0.717) is 29.2 Å². The van der Waals surface area contributed by atoms with Gasteiger partial charge in [0.05, 0.1) is 25.5 Å². The molecule has 0 fully saturated rings. The number of carbonyl (C=O) groups is 1. The van der Waals surface area contributed by atoms with Crippen LogP contribution in [-0.2, 0) is 11.3 Å². The summed E-state index contributed by atoms with van der Waals surface area (Å²) >= 11 is 4.67. The van der Waals surface area contributed by atoms with E-state index in [4.69, 9.17) is 13.9 Å². The van der Waals surface area contributed by atoms with E-state index in [0.717, 1.165) is 15.6 Å². The molecule has 3 aromatic rings. The molecule has 0 saturated heterocycles. The molecule has 3 rings (SSSR count). The number of thioether (sulfide) groups is 1. The third-order valence-corrected chi connectivity index (χ3v) is 5.62. The summed E-state index contributed by atoms with van der Waals surface area (Å²) in [6.07, 6.45) is 0. The highest BCUT2D eigenvalue weighted by Gasteiger charge is 2.16. The SMILES string of the molecule is COc1ccc(CN(C)C(=O)CSc2nnc(-c3ccccc3Br)o2)cc1OC. The molecular formula is C20H20BrN3O4S. The first-order chi connectivity index (χ1) is 14.0. The van der Waals surface area contributed by atoms with Gasteiger partial charge in [0, 0.05) is 18.1 Å². The van der Waals surface area contributed by atoms with E-state index in [1.54, 1.807) is 26.2 Å². The van der Waals surface area contributed by atoms with Gasteiger partial charge in [0.15, 0.2) is 11.5 Å². The predicted molar refractivity (Wildman–Crippen MR) is 114 cm³/mol. The van der Waals surface area contributed by atoms with Crippen LogP contribution < -0.4 is 9.47 Å². The molecule has 1 heterocycles. The normalized spacial score (nSPS) is 10.6. The monoisotopic (exact) mass is 477 g/mol. The van der Waals surface area contributed by atoms with Gasteiger partial charge < -0.3 is 18.8 Å². The Bertz CT molecular complexity index is 995. The molecule has 0 radical (unpaired) electrons. The number of nitrogens with zero attached hydrogens (tertiary/aromatic N) is 3. The van der Waals surface area contributed by atoms with Gasteiger partial charge in [0.25, 0.3) is 5.22 Å². The van der Waals surface area contributed by atoms with Gasteiger partial charge in [-0.2, -0.15) is 0 Å². The maximum atomic E-state index is 12.5. The topological polar surface area (TPSA) is 77.7 Å². The van der Waals surface area contributed by atoms with Crippen molar-refractivity contribution in [2.75, 3.05) is 27.0 Å². The van der Waals surface area contributed by atoms with Crippen LogP contribution in [0.4, 0.5) is 0 Å². The molecule has 0 aliphatic heterocycles. The van der Waals surface area contributed by atoms with E-state index in [9.17, 15) is 4.79 Å². The molecule has 9 heteroatoms. The summed E-state index contributed by atoms with van der Waals surface area (Å²) in [6, 6.07) is 13.2. The molecule has 7 nitrogen and oxygen atoms in total. The van der Waals surface area contributed by atoms with Crippen LogP contribution in [0.15, 0.2) is 56.6 Å². The van der Waals surface area contributed by atoms with E-state index in [1.165, 1.54) is 11.8 Å². The molecule has 0 bridgehead atoms. The van der Waals surface area contributed by atoms with Gasteiger partial charge in [-0.1, -0.05) is 30.0 Å². The van der Waals surface area contributed by atoms with Crippen LogP contribution in [0.3, 0.4) is 0 Å². The van der Waals surface area contributed by atoms with Crippen molar-refractivity contribution in [2.24, 2.45) is 0 Å². The second-order valence-electron chi connectivity index (χ2n) is 6.08. The number of amides is 1. The Morgan fingerprint density at radius 1 is 1.14 bits per heavy atom. The number of carbonyl (C=O) groups excluding carboxylic acids is 1. The zero-order chi connectivity index (χ0) is 20.8. The van der Waals surface area contributed by atoms with Crippen molar-refractivity contribution in [2.45, 2.75) is 11.8 Å². The van der Waals surface area contributed by atoms with Gasteiger partial charge in [0.1, 0.15) is 0 Å². The molecule has 0 unspecified atom stereocenters. The molecule has 0 N–H and O–H groups in total. The number of aromatic nitrogens is 2. The Morgan fingerprint density at radius 2 is 1.90 bits per heavy atom. The number of rotatable bonds is 8. The van der Waals surface area contributed by atoms with Crippen molar-refractivity contribution in [3.05, 3.63) is 52.5 Å². The van der Waals surface area contributed by atoms with Crippen LogP contribution in [0, 0.1) is 0 Å². The molecule has 0 aliphatic rings. The van der Waals surface area contributed by atoms with Gasteiger partial charge in [-0.25, -0.2) is 0 Å². The lowest BCUT2D eigenvalue weighted by molar-refractivity contribution is -0.127. The molecular weight excluding hydrogens is 458 g/mol. The first-order valence-electron chi connectivity index (χ1n) is 8.68. The molecule has 0 spiro atoms. The van der Waals surface area contributed by atoms with Crippen LogP contribution in [-0.4, -0.2) is 48.0 Å². The van der Waals surface area contributed by atoms with E-state index < -0.39 is 0 Å². The molecule has 152 valence electrons. The molecule has 0 atom stereocenters. The zero-order valence-corrected chi connectivity index (χ0v) is 18.6. The smallest absolute Gasteiger partial charge is 0.277 e. The highest BCUT2D eigenvalue weighted by atomic mass is 79.9. The fraction of sp³-hybridized carbons (Fsp3) is 0.250. The Morgan fingerprint density at radius 3 is 2.62 bits per heavy atom. The Hall–Kier alpha value is -2.52. The largest absolute Gasteiger partial charge is 0.493 e. The fourth-order valence-electron chi connectivity index (χ4n) is 2.59. The van der Waals surface area contributed by atoms with Crippen LogP contribution in [0.2, 0.25) is 0 Å². The average molecular weight is 478 g/mol. The second kappa shape index (κ2) is 9.80. The minimum absolute atomic E-state index is 0.0505. The minimum atomic E-state index is -0.0505. The lowest BCUT2D eigenvalue weighted by Crippen LogP contribution is -2.27. The van der Waals surface area contributed by atoms with Gasteiger partial charge in [0.2, 0.25) is 11.8 Å². The first kappa shape index (κ1) is 21.2. The number of methoxy groups -OCH3 is 2. The summed E-state index contributed by atoms with van der Waals surface area (Å²) < 4.78 is 17.1.